The van der Waals surface area contributed by atoms with Crippen molar-refractivity contribution in [3.63, 3.8) is 0 Å². The lowest BCUT2D eigenvalue weighted by Gasteiger charge is -2.04. The van der Waals surface area contributed by atoms with E-state index in [9.17, 15) is 0 Å². The predicted octanol–water partition coefficient (Wildman–Crippen LogP) is 3.68. The average molecular weight is 351 g/mol. The van der Waals surface area contributed by atoms with Crippen molar-refractivity contribution in [2.24, 2.45) is 0 Å². The molecule has 25 heavy (non-hydrogen) atoms. The largest absolute Gasteiger partial charge is 0.497 e. The van der Waals surface area contributed by atoms with Gasteiger partial charge in [-0.15, -0.1) is 11.3 Å². The number of hydrogen-bond donors (Lipinski definition) is 1. The maximum absolute atomic E-state index is 5.29. The van der Waals surface area contributed by atoms with Crippen molar-refractivity contribution in [2.75, 3.05) is 19.5 Å². The molecule has 2 aromatic heterocycles. The van der Waals surface area contributed by atoms with Crippen molar-refractivity contribution < 1.29 is 9.47 Å². The molecule has 1 aliphatic rings. The second-order valence-electron chi connectivity index (χ2n) is 5.82. The summed E-state index contributed by atoms with van der Waals surface area (Å²) in [4.78, 5) is 8.79. The third-order valence-corrected chi connectivity index (χ3v) is 4.94. The zero-order chi connectivity index (χ0) is 17.2. The first-order chi connectivity index (χ1) is 12.3. The lowest BCUT2D eigenvalue weighted by molar-refractivity contribution is 0.394. The fourth-order valence-corrected chi connectivity index (χ4v) is 3.39. The van der Waals surface area contributed by atoms with Crippen LogP contribution in [0.25, 0.3) is 10.2 Å². The molecule has 4 rings (SSSR count). The maximum atomic E-state index is 5.29. The van der Waals surface area contributed by atoms with Crippen molar-refractivity contribution in [1.82, 2.24) is 9.97 Å². The number of nitrogens with zero attached hydrogens (tertiary/aromatic N) is 2. The van der Waals surface area contributed by atoms with Gasteiger partial charge < -0.3 is 14.8 Å². The Morgan fingerprint density at radius 2 is 1.84 bits per heavy atom. The molecule has 0 spiro atoms. The van der Waals surface area contributed by atoms with Crippen LogP contribution in [0.15, 0.2) is 29.9 Å². The van der Waals surface area contributed by atoms with E-state index >= 15 is 0 Å². The first-order valence-corrected chi connectivity index (χ1v) is 8.88. The van der Waals surface area contributed by atoms with Crippen LogP contribution >= 0.6 is 11.3 Å². The minimum absolute atomic E-state index is 0.555. The second kappa shape index (κ2) is 6.61. The van der Waals surface area contributed by atoms with Crippen LogP contribution in [0.1, 0.15) is 24.0 Å². The summed E-state index contributed by atoms with van der Waals surface area (Å²) in [5, 5.41) is 5.48. The number of hydrogen-bond acceptors (Lipinski definition) is 6. The number of benzene rings is 1. The van der Waals surface area contributed by atoms with Gasteiger partial charge >= 0.3 is 0 Å². The van der Waals surface area contributed by atoms with Gasteiger partial charge in [0.05, 0.1) is 24.5 Å². The lowest BCUT2D eigenvalue weighted by Crippen LogP contribution is -2.03. The third kappa shape index (κ3) is 3.37. The minimum atomic E-state index is 0.555. The Balaban J connectivity index is 1.69. The summed E-state index contributed by atoms with van der Waals surface area (Å²) in [6.07, 6.45) is 4.02. The molecule has 3 aromatic rings. The Hall–Kier alpha value is -2.78. The molecule has 0 amide bonds. The smallest absolute Gasteiger partial charge is 0.147 e. The van der Waals surface area contributed by atoms with E-state index in [0.29, 0.717) is 6.04 Å². The van der Waals surface area contributed by atoms with Crippen molar-refractivity contribution in [3.05, 3.63) is 41.0 Å². The van der Waals surface area contributed by atoms with E-state index in [4.69, 9.17) is 9.47 Å². The minimum Gasteiger partial charge on any atom is -0.497 e. The summed E-state index contributed by atoms with van der Waals surface area (Å²) in [6, 6.07) is 6.16. The Morgan fingerprint density at radius 1 is 1.08 bits per heavy atom. The van der Waals surface area contributed by atoms with Crippen LogP contribution in [0.3, 0.4) is 0 Å². The summed E-state index contributed by atoms with van der Waals surface area (Å²) in [5.41, 5.74) is 2.63. The number of rotatable bonds is 4. The number of methoxy groups -OCH3 is 2. The zero-order valence-electron chi connectivity index (χ0n) is 14.0. The highest BCUT2D eigenvalue weighted by Gasteiger charge is 2.22. The van der Waals surface area contributed by atoms with Gasteiger partial charge in [0.2, 0.25) is 0 Å². The molecule has 1 saturated carbocycles. The van der Waals surface area contributed by atoms with E-state index in [1.807, 2.05) is 23.6 Å². The Morgan fingerprint density at radius 3 is 2.52 bits per heavy atom. The molecule has 0 radical (unpaired) electrons. The van der Waals surface area contributed by atoms with E-state index in [-0.39, 0.29) is 0 Å². The van der Waals surface area contributed by atoms with E-state index in [1.165, 1.54) is 12.8 Å². The van der Waals surface area contributed by atoms with Crippen LogP contribution in [0.2, 0.25) is 0 Å². The second-order valence-corrected chi connectivity index (χ2v) is 6.70. The highest BCUT2D eigenvalue weighted by molar-refractivity contribution is 7.18. The lowest BCUT2D eigenvalue weighted by atomic mass is 10.2. The van der Waals surface area contributed by atoms with Gasteiger partial charge in [0.1, 0.15) is 29.2 Å². The van der Waals surface area contributed by atoms with Gasteiger partial charge in [0, 0.05) is 23.1 Å². The predicted molar refractivity (Wildman–Crippen MR) is 99.6 cm³/mol. The van der Waals surface area contributed by atoms with Crippen LogP contribution in [0.4, 0.5) is 5.82 Å². The van der Waals surface area contributed by atoms with Gasteiger partial charge in [-0.2, -0.15) is 0 Å². The summed E-state index contributed by atoms with van der Waals surface area (Å²) in [5.74, 6) is 8.74. The molecule has 126 valence electrons. The first kappa shape index (κ1) is 15.7. The van der Waals surface area contributed by atoms with Crippen LogP contribution in [-0.4, -0.2) is 30.2 Å². The number of fused-ring (bicyclic) bond motifs is 1. The van der Waals surface area contributed by atoms with Crippen LogP contribution in [0.5, 0.6) is 11.5 Å². The van der Waals surface area contributed by atoms with E-state index in [2.05, 4.69) is 27.1 Å². The molecule has 6 heteroatoms. The average Bonchev–Trinajstić information content (AvgIpc) is 3.37. The van der Waals surface area contributed by atoms with Gasteiger partial charge in [-0.1, -0.05) is 11.8 Å². The van der Waals surface area contributed by atoms with Gasteiger partial charge in [-0.05, 0) is 25.0 Å². The Kier molecular flexibility index (Phi) is 4.16. The first-order valence-electron chi connectivity index (χ1n) is 8.00. The fraction of sp³-hybridized carbons (Fsp3) is 0.263. The van der Waals surface area contributed by atoms with E-state index in [1.54, 1.807) is 31.9 Å². The van der Waals surface area contributed by atoms with Crippen molar-refractivity contribution in [2.45, 2.75) is 18.9 Å². The molecule has 0 aliphatic heterocycles. The highest BCUT2D eigenvalue weighted by Crippen LogP contribution is 2.32. The molecular formula is C19H17N3O2S. The zero-order valence-corrected chi connectivity index (χ0v) is 14.8. The fourth-order valence-electron chi connectivity index (χ4n) is 2.48. The molecule has 0 atom stereocenters. The van der Waals surface area contributed by atoms with E-state index < -0.39 is 0 Å². The molecule has 2 heterocycles. The molecule has 5 nitrogen and oxygen atoms in total. The molecule has 0 saturated heterocycles. The molecule has 0 unspecified atom stereocenters. The normalized spacial score (nSPS) is 13.2. The quantitative estimate of drug-likeness (QED) is 0.727. The number of thiophene rings is 1. The number of ether oxygens (including phenoxy) is 2. The molecular weight excluding hydrogens is 334 g/mol. The Labute approximate surface area is 150 Å². The maximum Gasteiger partial charge on any atom is 0.147 e. The molecule has 1 aliphatic carbocycles. The number of aromatic nitrogens is 2. The summed E-state index contributed by atoms with van der Waals surface area (Å²) < 4.78 is 11.6. The standard InChI is InChI=1S/C19H17N3O2S/c1-23-15-7-12(8-16(9-15)24-2)3-4-13-10-25-18-17(13)20-11-21-19(18)22-14-5-6-14/h7-11,14H,5-6H2,1-2H3,(H,20,21,22). The summed E-state index contributed by atoms with van der Waals surface area (Å²) in [6.45, 7) is 0. The van der Waals surface area contributed by atoms with Crippen molar-refractivity contribution in [3.8, 4) is 23.3 Å². The molecule has 0 bridgehead atoms. The molecule has 1 N–H and O–H groups in total. The van der Waals surface area contributed by atoms with Crippen LogP contribution in [0, 0.1) is 11.8 Å². The van der Waals surface area contributed by atoms with Gasteiger partial charge in [-0.25, -0.2) is 9.97 Å². The SMILES string of the molecule is COc1cc(C#Cc2csc3c(NC4CC4)ncnc23)cc(OC)c1. The molecule has 1 aromatic carbocycles. The summed E-state index contributed by atoms with van der Waals surface area (Å²) >= 11 is 1.62. The van der Waals surface area contributed by atoms with Gasteiger partial charge in [0.25, 0.3) is 0 Å². The van der Waals surface area contributed by atoms with Gasteiger partial charge in [0.15, 0.2) is 0 Å². The number of nitrogens with one attached hydrogen (secondary N) is 1. The van der Waals surface area contributed by atoms with Crippen molar-refractivity contribution in [1.29, 1.82) is 0 Å². The Bertz CT molecular complexity index is 961. The number of anilines is 1. The van der Waals surface area contributed by atoms with Crippen LogP contribution in [-0.2, 0) is 0 Å². The monoisotopic (exact) mass is 351 g/mol. The van der Waals surface area contributed by atoms with Crippen LogP contribution < -0.4 is 14.8 Å². The van der Waals surface area contributed by atoms with Gasteiger partial charge in [-0.3, -0.25) is 0 Å². The third-order valence-electron chi connectivity index (χ3n) is 3.96. The molecule has 1 fully saturated rings. The van der Waals surface area contributed by atoms with Crippen molar-refractivity contribution >= 4 is 27.4 Å². The topological polar surface area (TPSA) is 56.3 Å². The highest BCUT2D eigenvalue weighted by atomic mass is 32.1. The summed E-state index contributed by atoms with van der Waals surface area (Å²) in [7, 11) is 3.26. The van der Waals surface area contributed by atoms with E-state index in [0.717, 1.165) is 38.7 Å².